The molecule has 3 N–H and O–H groups in total. The minimum atomic E-state index is -0.139. The minimum absolute atomic E-state index is 0.139. The van der Waals surface area contributed by atoms with Crippen molar-refractivity contribution in [3.63, 3.8) is 0 Å². The monoisotopic (exact) mass is 278 g/mol. The van der Waals surface area contributed by atoms with Gasteiger partial charge in [-0.3, -0.25) is 9.48 Å². The Balaban J connectivity index is 1.93. The van der Waals surface area contributed by atoms with Crippen LogP contribution >= 0.6 is 11.6 Å². The third kappa shape index (κ3) is 3.26. The van der Waals surface area contributed by atoms with Crippen molar-refractivity contribution in [1.82, 2.24) is 15.1 Å². The van der Waals surface area contributed by atoms with E-state index in [4.69, 9.17) is 17.3 Å². The van der Waals surface area contributed by atoms with Gasteiger partial charge in [0.1, 0.15) is 0 Å². The van der Waals surface area contributed by atoms with Crippen molar-refractivity contribution in [1.29, 1.82) is 0 Å². The van der Waals surface area contributed by atoms with Crippen LogP contribution in [-0.4, -0.2) is 22.2 Å². The Morgan fingerprint density at radius 1 is 1.53 bits per heavy atom. The van der Waals surface area contributed by atoms with Gasteiger partial charge in [0.25, 0.3) is 5.91 Å². The second kappa shape index (κ2) is 5.75. The lowest BCUT2D eigenvalue weighted by Crippen LogP contribution is -2.28. The summed E-state index contributed by atoms with van der Waals surface area (Å²) in [6, 6.07) is 5.28. The van der Waals surface area contributed by atoms with E-state index in [2.05, 4.69) is 10.4 Å². The van der Waals surface area contributed by atoms with Crippen LogP contribution in [0.3, 0.4) is 0 Å². The number of nitrogens with one attached hydrogen (secondary N) is 1. The lowest BCUT2D eigenvalue weighted by atomic mass is 10.1. The number of nitrogen functional groups attached to an aromatic ring is 1. The summed E-state index contributed by atoms with van der Waals surface area (Å²) in [5, 5.41) is 7.45. The first-order valence-corrected chi connectivity index (χ1v) is 6.27. The third-order valence-electron chi connectivity index (χ3n) is 2.79. The Labute approximate surface area is 116 Å². The van der Waals surface area contributed by atoms with Crippen LogP contribution in [0.5, 0.6) is 0 Å². The smallest absolute Gasteiger partial charge is 0.251 e. The van der Waals surface area contributed by atoms with Crippen molar-refractivity contribution in [2.24, 2.45) is 0 Å². The molecule has 2 rings (SSSR count). The number of carbonyl (C=O) groups is 1. The van der Waals surface area contributed by atoms with Crippen LogP contribution in [0.1, 0.15) is 15.9 Å². The molecule has 0 radical (unpaired) electrons. The first-order valence-electron chi connectivity index (χ1n) is 5.89. The van der Waals surface area contributed by atoms with E-state index in [0.717, 1.165) is 5.56 Å². The van der Waals surface area contributed by atoms with Gasteiger partial charge in [-0.25, -0.2) is 0 Å². The molecule has 19 heavy (non-hydrogen) atoms. The summed E-state index contributed by atoms with van der Waals surface area (Å²) >= 11 is 5.98. The predicted octanol–water partition coefficient (Wildman–Crippen LogP) is 1.86. The average Bonchev–Trinajstić information content (AvgIpc) is 2.78. The summed E-state index contributed by atoms with van der Waals surface area (Å²) in [7, 11) is 0. The highest BCUT2D eigenvalue weighted by molar-refractivity contribution is 6.31. The molecule has 100 valence electrons. The van der Waals surface area contributed by atoms with E-state index >= 15 is 0 Å². The van der Waals surface area contributed by atoms with Gasteiger partial charge in [0, 0.05) is 23.3 Å². The maximum atomic E-state index is 12.0. The van der Waals surface area contributed by atoms with Crippen molar-refractivity contribution in [2.45, 2.75) is 13.5 Å². The molecule has 0 aliphatic rings. The molecule has 0 fully saturated rings. The number of amides is 1. The van der Waals surface area contributed by atoms with Crippen LogP contribution in [0.15, 0.2) is 30.6 Å². The zero-order valence-corrected chi connectivity index (χ0v) is 11.3. The SMILES string of the molecule is Cc1c(Cl)cccc1C(=O)NCCn1cc(N)cn1. The van der Waals surface area contributed by atoms with Crippen molar-refractivity contribution >= 4 is 23.2 Å². The molecule has 0 bridgehead atoms. The fourth-order valence-corrected chi connectivity index (χ4v) is 1.91. The molecule has 0 saturated carbocycles. The molecule has 0 atom stereocenters. The lowest BCUT2D eigenvalue weighted by molar-refractivity contribution is 0.0951. The van der Waals surface area contributed by atoms with Crippen molar-refractivity contribution in [2.75, 3.05) is 12.3 Å². The van der Waals surface area contributed by atoms with E-state index in [0.29, 0.717) is 29.4 Å². The Bertz CT molecular complexity index is 594. The van der Waals surface area contributed by atoms with E-state index < -0.39 is 0 Å². The molecule has 1 aromatic carbocycles. The average molecular weight is 279 g/mol. The number of anilines is 1. The Kier molecular flexibility index (Phi) is 4.06. The molecule has 6 heteroatoms. The molecular formula is C13H15ClN4O. The summed E-state index contributed by atoms with van der Waals surface area (Å²) in [6.45, 7) is 2.87. The first-order chi connectivity index (χ1) is 9.08. The van der Waals surface area contributed by atoms with Crippen LogP contribution in [0.25, 0.3) is 0 Å². The van der Waals surface area contributed by atoms with Gasteiger partial charge in [-0.2, -0.15) is 5.10 Å². The standard InChI is InChI=1S/C13H15ClN4O/c1-9-11(3-2-4-12(9)14)13(19)16-5-6-18-8-10(15)7-17-18/h2-4,7-8H,5-6,15H2,1H3,(H,16,19). The van der Waals surface area contributed by atoms with Crippen molar-refractivity contribution in [3.8, 4) is 0 Å². The van der Waals surface area contributed by atoms with E-state index in [1.807, 2.05) is 6.92 Å². The number of hydrogen-bond donors (Lipinski definition) is 2. The van der Waals surface area contributed by atoms with Crippen molar-refractivity contribution < 1.29 is 4.79 Å². The molecule has 0 spiro atoms. The first kappa shape index (κ1) is 13.4. The number of benzene rings is 1. The van der Waals surface area contributed by atoms with Gasteiger partial charge in [0.2, 0.25) is 0 Å². The van der Waals surface area contributed by atoms with Gasteiger partial charge >= 0.3 is 0 Å². The summed E-state index contributed by atoms with van der Waals surface area (Å²) < 4.78 is 1.68. The fraction of sp³-hybridized carbons (Fsp3) is 0.231. The number of rotatable bonds is 4. The number of nitrogens with two attached hydrogens (primary N) is 1. The minimum Gasteiger partial charge on any atom is -0.396 e. The third-order valence-corrected chi connectivity index (χ3v) is 3.20. The summed E-state index contributed by atoms with van der Waals surface area (Å²) in [6.07, 6.45) is 3.29. The van der Waals surface area contributed by atoms with Crippen LogP contribution < -0.4 is 11.1 Å². The molecule has 1 amide bonds. The largest absolute Gasteiger partial charge is 0.396 e. The van der Waals surface area contributed by atoms with Gasteiger partial charge in [-0.1, -0.05) is 17.7 Å². The summed E-state index contributed by atoms with van der Waals surface area (Å²) in [4.78, 5) is 12.0. The van der Waals surface area contributed by atoms with Gasteiger partial charge in [-0.05, 0) is 24.6 Å². The van der Waals surface area contributed by atoms with E-state index in [-0.39, 0.29) is 5.91 Å². The summed E-state index contributed by atoms with van der Waals surface area (Å²) in [5.74, 6) is -0.139. The Hall–Kier alpha value is -2.01. The van der Waals surface area contributed by atoms with Gasteiger partial charge in [0.15, 0.2) is 0 Å². The van der Waals surface area contributed by atoms with E-state index in [1.54, 1.807) is 35.3 Å². The van der Waals surface area contributed by atoms with Crippen molar-refractivity contribution in [3.05, 3.63) is 46.7 Å². The molecule has 0 saturated heterocycles. The van der Waals surface area contributed by atoms with E-state index in [9.17, 15) is 4.79 Å². The van der Waals surface area contributed by atoms with E-state index in [1.165, 1.54) is 0 Å². The zero-order valence-electron chi connectivity index (χ0n) is 10.6. The molecule has 5 nitrogen and oxygen atoms in total. The molecule has 0 unspecified atom stereocenters. The van der Waals surface area contributed by atoms with Crippen LogP contribution in [0.2, 0.25) is 5.02 Å². The van der Waals surface area contributed by atoms with Crippen LogP contribution in [0, 0.1) is 6.92 Å². The molecule has 1 aromatic heterocycles. The van der Waals surface area contributed by atoms with Gasteiger partial charge in [-0.15, -0.1) is 0 Å². The molecule has 1 heterocycles. The predicted molar refractivity (Wildman–Crippen MR) is 75.2 cm³/mol. The van der Waals surface area contributed by atoms with Crippen LogP contribution in [0.4, 0.5) is 5.69 Å². The molecule has 0 aliphatic carbocycles. The quantitative estimate of drug-likeness (QED) is 0.896. The summed E-state index contributed by atoms with van der Waals surface area (Å²) in [5.41, 5.74) is 7.53. The number of aromatic nitrogens is 2. The number of halogens is 1. The number of nitrogens with zero attached hydrogens (tertiary/aromatic N) is 2. The van der Waals surface area contributed by atoms with Crippen LogP contribution in [-0.2, 0) is 6.54 Å². The molecular weight excluding hydrogens is 264 g/mol. The number of carbonyl (C=O) groups excluding carboxylic acids is 1. The second-order valence-electron chi connectivity index (χ2n) is 4.21. The Morgan fingerprint density at radius 3 is 3.00 bits per heavy atom. The highest BCUT2D eigenvalue weighted by atomic mass is 35.5. The maximum Gasteiger partial charge on any atom is 0.251 e. The fourth-order valence-electron chi connectivity index (χ4n) is 1.73. The second-order valence-corrected chi connectivity index (χ2v) is 4.61. The maximum absolute atomic E-state index is 12.0. The topological polar surface area (TPSA) is 72.9 Å². The van der Waals surface area contributed by atoms with Gasteiger partial charge in [0.05, 0.1) is 18.4 Å². The van der Waals surface area contributed by atoms with Gasteiger partial charge < -0.3 is 11.1 Å². The highest BCUT2D eigenvalue weighted by Gasteiger charge is 2.10. The normalized spacial score (nSPS) is 10.4. The Morgan fingerprint density at radius 2 is 2.32 bits per heavy atom. The highest BCUT2D eigenvalue weighted by Crippen LogP contribution is 2.18. The number of hydrogen-bond acceptors (Lipinski definition) is 3. The zero-order chi connectivity index (χ0) is 13.8. The molecule has 2 aromatic rings. The molecule has 0 aliphatic heterocycles. The lowest BCUT2D eigenvalue weighted by Gasteiger charge is -2.08.